The lowest BCUT2D eigenvalue weighted by molar-refractivity contribution is -0.135. The molecule has 0 radical (unpaired) electrons. The standard InChI is InChI=1S/C23H25Cl2FN4O3/c1-28(23(32)33)20-13-30(12-17(20)15-2-4-18(24)19(25)10-15)22(31)14-6-8-29(9-7-14)21-5-3-16(26)11-27-21/h2-5,10-11,14,17,20H,6-9,12-13H2,1H3,(H,32,33)/t17-,20+/m0/s1. The average Bonchev–Trinajstić information content (AvgIpc) is 3.26. The van der Waals surface area contributed by atoms with E-state index in [1.807, 2.05) is 11.0 Å². The minimum Gasteiger partial charge on any atom is -0.465 e. The van der Waals surface area contributed by atoms with Gasteiger partial charge in [-0.2, -0.15) is 0 Å². The van der Waals surface area contributed by atoms with E-state index in [4.69, 9.17) is 23.2 Å². The molecule has 1 aromatic carbocycles. The second-order valence-electron chi connectivity index (χ2n) is 8.58. The third-order valence-corrected chi connectivity index (χ3v) is 7.39. The summed E-state index contributed by atoms with van der Waals surface area (Å²) in [6.07, 6.45) is 1.47. The van der Waals surface area contributed by atoms with Crippen molar-refractivity contribution in [2.75, 3.05) is 38.1 Å². The molecule has 0 unspecified atom stereocenters. The van der Waals surface area contributed by atoms with Crippen LogP contribution in [-0.2, 0) is 4.79 Å². The second kappa shape index (κ2) is 9.73. The topological polar surface area (TPSA) is 77.0 Å². The van der Waals surface area contributed by atoms with Crippen LogP contribution >= 0.6 is 23.2 Å². The number of carbonyl (C=O) groups is 2. The SMILES string of the molecule is CN(C(=O)O)[C@@H]1CN(C(=O)C2CCN(c3ccc(F)cn3)CC2)C[C@H]1c1ccc(Cl)c(Cl)c1. The predicted molar refractivity (Wildman–Crippen MR) is 124 cm³/mol. The molecule has 2 amide bonds. The maximum Gasteiger partial charge on any atom is 0.407 e. The molecule has 3 heterocycles. The summed E-state index contributed by atoms with van der Waals surface area (Å²) < 4.78 is 13.1. The van der Waals surface area contributed by atoms with Crippen molar-refractivity contribution < 1.29 is 19.1 Å². The van der Waals surface area contributed by atoms with Gasteiger partial charge < -0.3 is 19.8 Å². The molecule has 0 saturated carbocycles. The van der Waals surface area contributed by atoms with Crippen LogP contribution in [-0.4, -0.2) is 71.2 Å². The molecule has 1 aromatic heterocycles. The molecule has 10 heteroatoms. The number of pyridine rings is 1. The number of carboxylic acid groups (broad SMARTS) is 1. The molecule has 2 fully saturated rings. The van der Waals surface area contributed by atoms with Gasteiger partial charge in [-0.1, -0.05) is 29.3 Å². The number of hydrogen-bond donors (Lipinski definition) is 1. The van der Waals surface area contributed by atoms with Crippen LogP contribution < -0.4 is 4.90 Å². The maximum atomic E-state index is 13.4. The molecule has 176 valence electrons. The first-order valence-corrected chi connectivity index (χ1v) is 11.6. The number of aromatic nitrogens is 1. The smallest absolute Gasteiger partial charge is 0.407 e. The normalized spacial score (nSPS) is 21.3. The van der Waals surface area contributed by atoms with Gasteiger partial charge in [-0.25, -0.2) is 14.2 Å². The molecular formula is C23H25Cl2FN4O3. The summed E-state index contributed by atoms with van der Waals surface area (Å²) in [5.41, 5.74) is 0.856. The van der Waals surface area contributed by atoms with E-state index in [0.717, 1.165) is 5.56 Å². The molecule has 1 N–H and O–H groups in total. The number of carbonyl (C=O) groups excluding carboxylic acids is 1. The number of halogens is 3. The number of benzene rings is 1. The zero-order chi connectivity index (χ0) is 23.7. The van der Waals surface area contributed by atoms with E-state index in [-0.39, 0.29) is 29.6 Å². The zero-order valence-electron chi connectivity index (χ0n) is 18.1. The van der Waals surface area contributed by atoms with Crippen molar-refractivity contribution in [2.24, 2.45) is 5.92 Å². The number of likely N-dealkylation sites (tertiary alicyclic amines) is 1. The number of likely N-dealkylation sites (N-methyl/N-ethyl adjacent to an activating group) is 1. The quantitative estimate of drug-likeness (QED) is 0.683. The van der Waals surface area contributed by atoms with Gasteiger partial charge in [-0.3, -0.25) is 4.79 Å². The summed E-state index contributed by atoms with van der Waals surface area (Å²) in [5, 5.41) is 10.4. The maximum absolute atomic E-state index is 13.4. The predicted octanol–water partition coefficient (Wildman–Crippen LogP) is 4.35. The Hall–Kier alpha value is -2.58. The van der Waals surface area contributed by atoms with E-state index in [9.17, 15) is 19.1 Å². The van der Waals surface area contributed by atoms with Crippen molar-refractivity contribution in [2.45, 2.75) is 24.8 Å². The molecule has 4 rings (SSSR count). The Balaban J connectivity index is 1.46. The number of hydrogen-bond acceptors (Lipinski definition) is 4. The van der Waals surface area contributed by atoms with Gasteiger partial charge in [-0.15, -0.1) is 0 Å². The van der Waals surface area contributed by atoms with E-state index in [1.165, 1.54) is 24.2 Å². The highest BCUT2D eigenvalue weighted by molar-refractivity contribution is 6.42. The van der Waals surface area contributed by atoms with E-state index in [2.05, 4.69) is 4.98 Å². The largest absolute Gasteiger partial charge is 0.465 e. The fourth-order valence-electron chi connectivity index (χ4n) is 4.74. The molecule has 2 atom stereocenters. The fourth-order valence-corrected chi connectivity index (χ4v) is 5.05. The van der Waals surface area contributed by atoms with Crippen LogP contribution in [0.3, 0.4) is 0 Å². The molecule has 0 aliphatic carbocycles. The van der Waals surface area contributed by atoms with Crippen LogP contribution in [0.1, 0.15) is 24.3 Å². The fraction of sp³-hybridized carbons (Fsp3) is 0.435. The Morgan fingerprint density at radius 2 is 1.85 bits per heavy atom. The highest BCUT2D eigenvalue weighted by atomic mass is 35.5. The third kappa shape index (κ3) is 5.01. The molecule has 33 heavy (non-hydrogen) atoms. The number of piperidine rings is 1. The van der Waals surface area contributed by atoms with Gasteiger partial charge in [0.1, 0.15) is 11.6 Å². The highest BCUT2D eigenvalue weighted by Crippen LogP contribution is 2.35. The Kier molecular flexibility index (Phi) is 6.95. The molecular weight excluding hydrogens is 470 g/mol. The van der Waals surface area contributed by atoms with Crippen molar-refractivity contribution in [1.29, 1.82) is 0 Å². The molecule has 2 aliphatic heterocycles. The molecule has 0 bridgehead atoms. The lowest BCUT2D eigenvalue weighted by atomic mass is 9.93. The summed E-state index contributed by atoms with van der Waals surface area (Å²) in [5.74, 6) is 0.00739. The first-order chi connectivity index (χ1) is 15.7. The van der Waals surface area contributed by atoms with Crippen LogP contribution in [0.25, 0.3) is 0 Å². The number of rotatable bonds is 4. The molecule has 2 aromatic rings. The summed E-state index contributed by atoms with van der Waals surface area (Å²) in [6, 6.07) is 7.93. The Morgan fingerprint density at radius 3 is 2.45 bits per heavy atom. The summed E-state index contributed by atoms with van der Waals surface area (Å²) in [7, 11) is 1.53. The van der Waals surface area contributed by atoms with Crippen LogP contribution in [0.5, 0.6) is 0 Å². The third-order valence-electron chi connectivity index (χ3n) is 6.65. The van der Waals surface area contributed by atoms with Gasteiger partial charge in [0.15, 0.2) is 0 Å². The van der Waals surface area contributed by atoms with Gasteiger partial charge in [0.2, 0.25) is 5.91 Å². The summed E-state index contributed by atoms with van der Waals surface area (Å²) in [4.78, 5) is 34.3. The second-order valence-corrected chi connectivity index (χ2v) is 9.39. The van der Waals surface area contributed by atoms with Crippen molar-refractivity contribution in [3.05, 3.63) is 58.0 Å². The van der Waals surface area contributed by atoms with Gasteiger partial charge in [0.05, 0.1) is 22.3 Å². The summed E-state index contributed by atoms with van der Waals surface area (Å²) >= 11 is 12.3. The van der Waals surface area contributed by atoms with E-state index in [0.29, 0.717) is 54.9 Å². The minimum atomic E-state index is -1.04. The number of nitrogens with zero attached hydrogens (tertiary/aromatic N) is 4. The lowest BCUT2D eigenvalue weighted by Crippen LogP contribution is -2.44. The van der Waals surface area contributed by atoms with Crippen LogP contribution in [0, 0.1) is 11.7 Å². The lowest BCUT2D eigenvalue weighted by Gasteiger charge is -2.34. The monoisotopic (exact) mass is 494 g/mol. The number of anilines is 1. The van der Waals surface area contributed by atoms with Crippen LogP contribution in [0.2, 0.25) is 10.0 Å². The minimum absolute atomic E-state index is 0.0352. The van der Waals surface area contributed by atoms with Crippen LogP contribution in [0.4, 0.5) is 15.0 Å². The number of amides is 2. The Bertz CT molecular complexity index is 1030. The van der Waals surface area contributed by atoms with Crippen molar-refractivity contribution in [3.8, 4) is 0 Å². The van der Waals surface area contributed by atoms with Crippen LogP contribution in [0.15, 0.2) is 36.5 Å². The van der Waals surface area contributed by atoms with Gasteiger partial charge in [0, 0.05) is 45.1 Å². The summed E-state index contributed by atoms with van der Waals surface area (Å²) in [6.45, 7) is 2.04. The van der Waals surface area contributed by atoms with Crippen molar-refractivity contribution >= 4 is 41.0 Å². The molecule has 2 saturated heterocycles. The molecule has 7 nitrogen and oxygen atoms in total. The first kappa shape index (κ1) is 23.6. The van der Waals surface area contributed by atoms with Gasteiger partial charge >= 0.3 is 6.09 Å². The first-order valence-electron chi connectivity index (χ1n) is 10.8. The highest BCUT2D eigenvalue weighted by Gasteiger charge is 2.42. The Labute approximate surface area is 201 Å². The van der Waals surface area contributed by atoms with Gasteiger partial charge in [0.25, 0.3) is 0 Å². The average molecular weight is 495 g/mol. The Morgan fingerprint density at radius 1 is 1.12 bits per heavy atom. The van der Waals surface area contributed by atoms with Gasteiger partial charge in [-0.05, 0) is 42.7 Å². The molecule has 2 aliphatic rings. The van der Waals surface area contributed by atoms with E-state index >= 15 is 0 Å². The van der Waals surface area contributed by atoms with Crippen molar-refractivity contribution in [1.82, 2.24) is 14.8 Å². The zero-order valence-corrected chi connectivity index (χ0v) is 19.6. The van der Waals surface area contributed by atoms with E-state index < -0.39 is 6.09 Å². The molecule has 0 spiro atoms. The van der Waals surface area contributed by atoms with E-state index in [1.54, 1.807) is 23.1 Å². The van der Waals surface area contributed by atoms with Crippen molar-refractivity contribution in [3.63, 3.8) is 0 Å².